The third-order valence-corrected chi connectivity index (χ3v) is 5.66. The minimum absolute atomic E-state index is 0.0117. The molecule has 0 spiro atoms. The fraction of sp³-hybridized carbons (Fsp3) is 0.769. The van der Waals surface area contributed by atoms with Gasteiger partial charge in [-0.1, -0.05) is 6.92 Å². The molecule has 2 heterocycles. The molecule has 1 fully saturated rings. The van der Waals surface area contributed by atoms with Crippen LogP contribution >= 0.6 is 0 Å². The van der Waals surface area contributed by atoms with Crippen molar-refractivity contribution in [2.75, 3.05) is 45.3 Å². The normalized spacial score (nSPS) is 19.4. The summed E-state index contributed by atoms with van der Waals surface area (Å²) in [6.45, 7) is 6.66. The highest BCUT2D eigenvalue weighted by Gasteiger charge is 2.44. The van der Waals surface area contributed by atoms with Crippen molar-refractivity contribution in [3.8, 4) is 0 Å². The molecule has 0 amide bonds. The van der Waals surface area contributed by atoms with Crippen molar-refractivity contribution >= 4 is 22.2 Å². The molecule has 1 aromatic rings. The summed E-state index contributed by atoms with van der Waals surface area (Å²) in [5.74, 6) is 0.0117. The summed E-state index contributed by atoms with van der Waals surface area (Å²) in [6.07, 6.45) is 0.696. The van der Waals surface area contributed by atoms with Crippen LogP contribution in [0.5, 0.6) is 0 Å². The Balaban J connectivity index is 2.17. The molecule has 0 aliphatic carbocycles. The number of rotatable bonds is 5. The number of aliphatic imine (C=N–C) groups is 1. The fourth-order valence-corrected chi connectivity index (χ4v) is 3.80. The Hall–Kier alpha value is -1.92. The van der Waals surface area contributed by atoms with Gasteiger partial charge in [0.25, 0.3) is 16.4 Å². The monoisotopic (exact) mass is 376 g/mol. The predicted octanol–water partition coefficient (Wildman–Crippen LogP) is -1.81. The van der Waals surface area contributed by atoms with Crippen LogP contribution in [0.15, 0.2) is 15.7 Å². The summed E-state index contributed by atoms with van der Waals surface area (Å²) >= 11 is 0. The molecule has 0 aromatic carbocycles. The van der Waals surface area contributed by atoms with E-state index >= 15 is 0 Å². The highest BCUT2D eigenvalue weighted by molar-refractivity contribution is 7.86. The Morgan fingerprint density at radius 3 is 2.76 bits per heavy atom. The van der Waals surface area contributed by atoms with Gasteiger partial charge in [-0.25, -0.2) is 0 Å². The first-order valence-electron chi connectivity index (χ1n) is 7.80. The van der Waals surface area contributed by atoms with E-state index in [1.54, 1.807) is 6.92 Å². The van der Waals surface area contributed by atoms with Crippen molar-refractivity contribution in [3.05, 3.63) is 6.20 Å². The van der Waals surface area contributed by atoms with Crippen LogP contribution in [0.1, 0.15) is 20.8 Å². The lowest BCUT2D eigenvalue weighted by atomic mass is 10.0. The number of nitrogens with zero attached hydrogens (tertiary/aromatic N) is 6. The van der Waals surface area contributed by atoms with E-state index in [9.17, 15) is 13.5 Å². The molecule has 0 unspecified atom stereocenters. The van der Waals surface area contributed by atoms with Gasteiger partial charge in [0, 0.05) is 27.2 Å². The van der Waals surface area contributed by atoms with Gasteiger partial charge in [-0.15, -0.1) is 5.01 Å². The lowest BCUT2D eigenvalue weighted by Crippen LogP contribution is -2.75. The Kier molecular flexibility index (Phi) is 5.54. The lowest BCUT2D eigenvalue weighted by molar-refractivity contribution is -0.766. The molecule has 1 aromatic heterocycles. The van der Waals surface area contributed by atoms with Gasteiger partial charge in [0.1, 0.15) is 5.54 Å². The molecular formula is C13H24N6O5S. The van der Waals surface area contributed by atoms with Crippen LogP contribution in [0, 0.1) is 0 Å². The first-order chi connectivity index (χ1) is 11.6. The molecule has 142 valence electrons. The van der Waals surface area contributed by atoms with Crippen molar-refractivity contribution in [2.45, 2.75) is 26.3 Å². The summed E-state index contributed by atoms with van der Waals surface area (Å²) in [6, 6.07) is 0. The average Bonchev–Trinajstić information content (AvgIpc) is 2.94. The van der Waals surface area contributed by atoms with E-state index in [0.717, 1.165) is 0 Å². The molecular weight excluding hydrogens is 352 g/mol. The molecule has 11 nitrogen and oxygen atoms in total. The molecule has 0 bridgehead atoms. The van der Waals surface area contributed by atoms with Crippen LogP contribution in [0.2, 0.25) is 0 Å². The van der Waals surface area contributed by atoms with Crippen LogP contribution < -0.4 is 14.9 Å². The summed E-state index contributed by atoms with van der Waals surface area (Å²) in [5, 5.41) is 17.1. The zero-order valence-electron chi connectivity index (χ0n) is 15.0. The predicted molar refractivity (Wildman–Crippen MR) is 86.8 cm³/mol. The summed E-state index contributed by atoms with van der Waals surface area (Å²) in [7, 11) is -0.478. The van der Waals surface area contributed by atoms with E-state index in [1.807, 2.05) is 18.9 Å². The molecule has 0 atom stereocenters. The largest absolute Gasteiger partial charge is 0.600 e. The molecule has 25 heavy (non-hydrogen) atoms. The zero-order chi connectivity index (χ0) is 18.8. The number of hydrogen-bond acceptors (Lipinski definition) is 8. The van der Waals surface area contributed by atoms with E-state index in [-0.39, 0.29) is 19.0 Å². The van der Waals surface area contributed by atoms with Crippen LogP contribution in [-0.2, 0) is 14.9 Å². The van der Waals surface area contributed by atoms with Crippen molar-refractivity contribution in [1.29, 1.82) is 0 Å². The Bertz CT molecular complexity index is 729. The standard InChI is InChI=1S/C13H24N6O5S/c1-6-23-12(20)14-11-9-19(15-24-11)18-8-7-17(10-13(18,2)3)25(21,22)16(4)5/h9H,6-8,10H2,1-5H3. The van der Waals surface area contributed by atoms with Gasteiger partial charge in [-0.2, -0.15) is 22.0 Å². The second kappa shape index (κ2) is 7.14. The number of hydrogen-bond donors (Lipinski definition) is 0. The Morgan fingerprint density at radius 2 is 2.20 bits per heavy atom. The third-order valence-electron chi connectivity index (χ3n) is 3.77. The van der Waals surface area contributed by atoms with Crippen molar-refractivity contribution < 1.29 is 27.6 Å². The zero-order valence-corrected chi connectivity index (χ0v) is 15.9. The maximum Gasteiger partial charge on any atom is 0.326 e. The first kappa shape index (κ1) is 19.4. The highest BCUT2D eigenvalue weighted by Crippen LogP contribution is 2.20. The van der Waals surface area contributed by atoms with Crippen LogP contribution in [0.3, 0.4) is 0 Å². The Labute approximate surface area is 147 Å². The summed E-state index contributed by atoms with van der Waals surface area (Å²) in [4.78, 5) is 5.07. The third kappa shape index (κ3) is 4.19. The van der Waals surface area contributed by atoms with Crippen molar-refractivity contribution in [1.82, 2.24) is 13.9 Å². The van der Waals surface area contributed by atoms with E-state index in [0.29, 0.717) is 13.1 Å². The first-order valence-corrected chi connectivity index (χ1v) is 9.20. The van der Waals surface area contributed by atoms with Gasteiger partial charge in [0.2, 0.25) is 5.27 Å². The second-order valence-corrected chi connectivity index (χ2v) is 8.47. The Morgan fingerprint density at radius 1 is 1.52 bits per heavy atom. The molecule has 0 saturated carbocycles. The number of piperazine rings is 1. The van der Waals surface area contributed by atoms with E-state index in [4.69, 9.17) is 9.26 Å². The van der Waals surface area contributed by atoms with Gasteiger partial charge in [0.15, 0.2) is 6.08 Å². The van der Waals surface area contributed by atoms with Crippen molar-refractivity contribution in [2.24, 2.45) is 4.99 Å². The average molecular weight is 376 g/mol. The van der Waals surface area contributed by atoms with Crippen LogP contribution in [0.25, 0.3) is 0 Å². The molecule has 12 heteroatoms. The lowest BCUT2D eigenvalue weighted by Gasteiger charge is -2.41. The summed E-state index contributed by atoms with van der Waals surface area (Å²) in [5.41, 5.74) is -0.552. The molecule has 1 saturated heterocycles. The molecule has 1 aliphatic rings. The minimum Gasteiger partial charge on any atom is -0.600 e. The molecule has 2 rings (SSSR count). The van der Waals surface area contributed by atoms with Gasteiger partial charge < -0.3 is 9.84 Å². The fourth-order valence-electron chi connectivity index (χ4n) is 2.55. The highest BCUT2D eigenvalue weighted by atomic mass is 32.2. The maximum absolute atomic E-state index is 12.3. The maximum atomic E-state index is 12.3. The number of ether oxygens (including phenoxy) is 1. The second-order valence-electron chi connectivity index (χ2n) is 6.33. The SMILES string of the molecule is CCOC([O-])=Nc1c[n+](N2CCN(S(=O)(=O)N(C)C)CC2(C)C)no1. The number of aromatic nitrogens is 2. The van der Waals surface area contributed by atoms with Gasteiger partial charge >= 0.3 is 5.88 Å². The molecule has 1 aliphatic heterocycles. The molecule has 0 N–H and O–H groups in total. The van der Waals surface area contributed by atoms with E-state index < -0.39 is 21.8 Å². The van der Waals surface area contributed by atoms with Gasteiger partial charge in [-0.05, 0) is 20.5 Å². The quantitative estimate of drug-likeness (QED) is 0.337. The van der Waals surface area contributed by atoms with Gasteiger partial charge in [0.05, 0.1) is 11.3 Å². The van der Waals surface area contributed by atoms with Crippen molar-refractivity contribution in [3.63, 3.8) is 0 Å². The minimum atomic E-state index is -3.49. The van der Waals surface area contributed by atoms with E-state index in [1.165, 1.54) is 33.7 Å². The van der Waals surface area contributed by atoms with Crippen LogP contribution in [-0.4, -0.2) is 74.3 Å². The van der Waals surface area contributed by atoms with Crippen LogP contribution in [0.4, 0.5) is 5.88 Å². The smallest absolute Gasteiger partial charge is 0.326 e. The van der Waals surface area contributed by atoms with Gasteiger partial charge in [-0.3, -0.25) is 4.52 Å². The van der Waals surface area contributed by atoms with E-state index in [2.05, 4.69) is 10.3 Å². The molecule has 0 radical (unpaired) electrons. The summed E-state index contributed by atoms with van der Waals surface area (Å²) < 4.78 is 37.0. The topological polar surface area (TPSA) is 118 Å².